The Morgan fingerprint density at radius 3 is 2.52 bits per heavy atom. The summed E-state index contributed by atoms with van der Waals surface area (Å²) in [7, 11) is 0. The normalized spacial score (nSPS) is 18.0. The Hall–Kier alpha value is -1.73. The molecule has 1 fully saturated rings. The zero-order valence-corrected chi connectivity index (χ0v) is 13.5. The molecule has 1 saturated heterocycles. The van der Waals surface area contributed by atoms with Gasteiger partial charge in [-0.15, -0.1) is 0 Å². The van der Waals surface area contributed by atoms with E-state index in [1.165, 1.54) is 6.07 Å². The fraction of sp³-hybridized carbons (Fsp3) is 0.562. The standard InChI is InChI=1S/C16H23F2N3O2/c1-3-20-8-10-21(11-9-20)12(2)15(22)19-13-6-4-5-7-14(13)23-16(17)18/h4-7,12,16H,3,8-11H2,1-2H3,(H,19,22). The predicted octanol–water partition coefficient (Wildman–Crippen LogP) is 2.25. The molecule has 7 heteroatoms. The lowest BCUT2D eigenvalue weighted by Gasteiger charge is -2.36. The molecule has 1 aliphatic rings. The summed E-state index contributed by atoms with van der Waals surface area (Å²) in [4.78, 5) is 16.8. The van der Waals surface area contributed by atoms with E-state index < -0.39 is 6.61 Å². The highest BCUT2D eigenvalue weighted by Crippen LogP contribution is 2.25. The van der Waals surface area contributed by atoms with Crippen molar-refractivity contribution in [3.05, 3.63) is 24.3 Å². The van der Waals surface area contributed by atoms with Gasteiger partial charge in [0.05, 0.1) is 11.7 Å². The van der Waals surface area contributed by atoms with Crippen molar-refractivity contribution in [1.82, 2.24) is 9.80 Å². The quantitative estimate of drug-likeness (QED) is 0.870. The van der Waals surface area contributed by atoms with Gasteiger partial charge in [0.1, 0.15) is 5.75 Å². The summed E-state index contributed by atoms with van der Waals surface area (Å²) in [6.07, 6.45) is 0. The summed E-state index contributed by atoms with van der Waals surface area (Å²) in [5, 5.41) is 2.69. The molecule has 1 unspecified atom stereocenters. The lowest BCUT2D eigenvalue weighted by atomic mass is 10.2. The van der Waals surface area contributed by atoms with E-state index in [2.05, 4.69) is 26.8 Å². The Labute approximate surface area is 135 Å². The number of para-hydroxylation sites is 2. The average molecular weight is 327 g/mol. The van der Waals surface area contributed by atoms with Gasteiger partial charge in [0.2, 0.25) is 5.91 Å². The van der Waals surface area contributed by atoms with E-state index in [1.54, 1.807) is 18.2 Å². The summed E-state index contributed by atoms with van der Waals surface area (Å²) in [6, 6.07) is 5.89. The highest BCUT2D eigenvalue weighted by molar-refractivity contribution is 5.95. The van der Waals surface area contributed by atoms with Crippen LogP contribution >= 0.6 is 0 Å². The van der Waals surface area contributed by atoms with Gasteiger partial charge in [-0.2, -0.15) is 8.78 Å². The van der Waals surface area contributed by atoms with Crippen molar-refractivity contribution in [1.29, 1.82) is 0 Å². The smallest absolute Gasteiger partial charge is 0.387 e. The summed E-state index contributed by atoms with van der Waals surface area (Å²) in [5.74, 6) is -0.251. The lowest BCUT2D eigenvalue weighted by Crippen LogP contribution is -2.52. The Morgan fingerprint density at radius 1 is 1.26 bits per heavy atom. The number of hydrogen-bond acceptors (Lipinski definition) is 4. The van der Waals surface area contributed by atoms with E-state index in [0.717, 1.165) is 32.7 Å². The van der Waals surface area contributed by atoms with Crippen LogP contribution in [0.3, 0.4) is 0 Å². The number of benzene rings is 1. The molecule has 0 bridgehead atoms. The summed E-state index contributed by atoms with van der Waals surface area (Å²) in [5.41, 5.74) is 0.261. The maximum Gasteiger partial charge on any atom is 0.387 e. The molecule has 1 amide bonds. The molecule has 1 aliphatic heterocycles. The highest BCUT2D eigenvalue weighted by atomic mass is 19.3. The van der Waals surface area contributed by atoms with Crippen molar-refractivity contribution in [3.8, 4) is 5.75 Å². The van der Waals surface area contributed by atoms with Gasteiger partial charge in [0.25, 0.3) is 0 Å². The fourth-order valence-electron chi connectivity index (χ4n) is 2.64. The van der Waals surface area contributed by atoms with Crippen LogP contribution in [-0.2, 0) is 4.79 Å². The molecule has 0 aliphatic carbocycles. The first-order chi connectivity index (χ1) is 11.0. The van der Waals surface area contributed by atoms with E-state index in [0.29, 0.717) is 0 Å². The maximum absolute atomic E-state index is 12.4. The van der Waals surface area contributed by atoms with E-state index in [9.17, 15) is 13.6 Å². The number of alkyl halides is 2. The molecule has 23 heavy (non-hydrogen) atoms. The van der Waals surface area contributed by atoms with E-state index in [1.807, 2.05) is 6.92 Å². The first-order valence-electron chi connectivity index (χ1n) is 7.82. The van der Waals surface area contributed by atoms with Crippen LogP contribution in [0.4, 0.5) is 14.5 Å². The van der Waals surface area contributed by atoms with Gasteiger partial charge in [-0.3, -0.25) is 9.69 Å². The number of hydrogen-bond donors (Lipinski definition) is 1. The number of anilines is 1. The number of carbonyl (C=O) groups excluding carboxylic acids is 1. The molecule has 1 aromatic rings. The predicted molar refractivity (Wildman–Crippen MR) is 84.9 cm³/mol. The molecule has 1 heterocycles. The van der Waals surface area contributed by atoms with Crippen molar-refractivity contribution in [2.75, 3.05) is 38.0 Å². The van der Waals surface area contributed by atoms with Gasteiger partial charge >= 0.3 is 6.61 Å². The summed E-state index contributed by atoms with van der Waals surface area (Å²) >= 11 is 0. The number of nitrogens with one attached hydrogen (secondary N) is 1. The van der Waals surface area contributed by atoms with Gasteiger partial charge in [-0.25, -0.2) is 0 Å². The second kappa shape index (κ2) is 8.21. The van der Waals surface area contributed by atoms with Crippen LogP contribution in [-0.4, -0.2) is 61.1 Å². The van der Waals surface area contributed by atoms with Crippen molar-refractivity contribution in [2.45, 2.75) is 26.5 Å². The van der Waals surface area contributed by atoms with Crippen LogP contribution < -0.4 is 10.1 Å². The van der Waals surface area contributed by atoms with Gasteiger partial charge in [-0.1, -0.05) is 19.1 Å². The van der Waals surface area contributed by atoms with Gasteiger partial charge in [0, 0.05) is 26.2 Å². The second-order valence-electron chi connectivity index (χ2n) is 5.51. The minimum atomic E-state index is -2.92. The number of amides is 1. The molecular formula is C16H23F2N3O2. The van der Waals surface area contributed by atoms with Crippen LogP contribution in [0.5, 0.6) is 5.75 Å². The second-order valence-corrected chi connectivity index (χ2v) is 5.51. The largest absolute Gasteiger partial charge is 0.433 e. The third-order valence-electron chi connectivity index (χ3n) is 4.14. The van der Waals surface area contributed by atoms with Gasteiger partial charge < -0.3 is 15.0 Å². The van der Waals surface area contributed by atoms with Crippen molar-refractivity contribution in [3.63, 3.8) is 0 Å². The molecule has 2 rings (SSSR count). The Kier molecular flexibility index (Phi) is 6.29. The molecule has 128 valence electrons. The Balaban J connectivity index is 1.96. The van der Waals surface area contributed by atoms with E-state index in [4.69, 9.17) is 0 Å². The van der Waals surface area contributed by atoms with Crippen LogP contribution in [0, 0.1) is 0 Å². The highest BCUT2D eigenvalue weighted by Gasteiger charge is 2.25. The summed E-state index contributed by atoms with van der Waals surface area (Å²) in [6.45, 7) is 5.52. The summed E-state index contributed by atoms with van der Waals surface area (Å²) < 4.78 is 29.3. The molecule has 5 nitrogen and oxygen atoms in total. The molecular weight excluding hydrogens is 304 g/mol. The minimum Gasteiger partial charge on any atom is -0.433 e. The monoisotopic (exact) mass is 327 g/mol. The zero-order valence-electron chi connectivity index (χ0n) is 13.5. The SMILES string of the molecule is CCN1CCN(C(C)C(=O)Nc2ccccc2OC(F)F)CC1. The molecule has 0 saturated carbocycles. The number of ether oxygens (including phenoxy) is 1. The van der Waals surface area contributed by atoms with Crippen LogP contribution in [0.2, 0.25) is 0 Å². The van der Waals surface area contributed by atoms with Crippen molar-refractivity contribution in [2.24, 2.45) is 0 Å². The first kappa shape index (κ1) is 17.6. The number of likely N-dealkylation sites (N-methyl/N-ethyl adjacent to an activating group) is 1. The third-order valence-corrected chi connectivity index (χ3v) is 4.14. The molecule has 1 atom stereocenters. The average Bonchev–Trinajstić information content (AvgIpc) is 2.55. The van der Waals surface area contributed by atoms with Crippen LogP contribution in [0.1, 0.15) is 13.8 Å². The topological polar surface area (TPSA) is 44.8 Å². The third kappa shape index (κ3) is 4.87. The van der Waals surface area contributed by atoms with E-state index >= 15 is 0 Å². The molecule has 0 spiro atoms. The van der Waals surface area contributed by atoms with Crippen molar-refractivity contribution >= 4 is 11.6 Å². The van der Waals surface area contributed by atoms with Crippen molar-refractivity contribution < 1.29 is 18.3 Å². The number of halogens is 2. The van der Waals surface area contributed by atoms with E-state index in [-0.39, 0.29) is 23.4 Å². The zero-order chi connectivity index (χ0) is 16.8. The molecule has 0 aromatic heterocycles. The number of piperazine rings is 1. The lowest BCUT2D eigenvalue weighted by molar-refractivity contribution is -0.121. The van der Waals surface area contributed by atoms with Crippen LogP contribution in [0.15, 0.2) is 24.3 Å². The fourth-order valence-corrected chi connectivity index (χ4v) is 2.64. The molecule has 0 radical (unpaired) electrons. The number of carbonyl (C=O) groups is 1. The molecule has 1 aromatic carbocycles. The van der Waals surface area contributed by atoms with Gasteiger partial charge in [0.15, 0.2) is 0 Å². The molecule has 1 N–H and O–H groups in total. The van der Waals surface area contributed by atoms with Crippen LogP contribution in [0.25, 0.3) is 0 Å². The minimum absolute atomic E-state index is 0.0288. The first-order valence-corrected chi connectivity index (χ1v) is 7.82. The maximum atomic E-state index is 12.4. The Morgan fingerprint density at radius 2 is 1.91 bits per heavy atom. The van der Waals surface area contributed by atoms with Gasteiger partial charge in [-0.05, 0) is 25.6 Å². The number of nitrogens with zero attached hydrogens (tertiary/aromatic N) is 2. The Bertz CT molecular complexity index is 520. The number of rotatable bonds is 6.